The zero-order valence-corrected chi connectivity index (χ0v) is 10.1. The highest BCUT2D eigenvalue weighted by Gasteiger charge is 2.25. The lowest BCUT2D eigenvalue weighted by molar-refractivity contribution is -0.385. The van der Waals surface area contributed by atoms with Gasteiger partial charge in [0.05, 0.1) is 17.1 Å². The van der Waals surface area contributed by atoms with Crippen LogP contribution in [0.3, 0.4) is 0 Å². The molecule has 0 fully saturated rings. The third-order valence-electron chi connectivity index (χ3n) is 2.44. The van der Waals surface area contributed by atoms with Gasteiger partial charge in [0.25, 0.3) is 5.69 Å². The fourth-order valence-electron chi connectivity index (χ4n) is 1.63. The summed E-state index contributed by atoms with van der Waals surface area (Å²) in [6.45, 7) is 3.58. The second-order valence-corrected chi connectivity index (χ2v) is 3.44. The maximum absolute atomic E-state index is 11.8. The van der Waals surface area contributed by atoms with Gasteiger partial charge in [0.2, 0.25) is 0 Å². The molecule has 6 heteroatoms. The Morgan fingerprint density at radius 3 is 2.61 bits per heavy atom. The Kier molecular flexibility index (Phi) is 4.38. The van der Waals surface area contributed by atoms with Gasteiger partial charge in [-0.15, -0.1) is 0 Å². The molecule has 0 heterocycles. The van der Waals surface area contributed by atoms with Crippen molar-refractivity contribution < 1.29 is 14.5 Å². The van der Waals surface area contributed by atoms with Crippen molar-refractivity contribution in [3.8, 4) is 6.07 Å². The summed E-state index contributed by atoms with van der Waals surface area (Å²) < 4.78 is 4.84. The lowest BCUT2D eigenvalue weighted by atomic mass is 9.98. The van der Waals surface area contributed by atoms with Crippen molar-refractivity contribution in [2.24, 2.45) is 0 Å². The van der Waals surface area contributed by atoms with Gasteiger partial charge in [-0.25, -0.2) is 4.79 Å². The van der Waals surface area contributed by atoms with Crippen LogP contribution in [-0.2, 0) is 11.2 Å². The molecule has 0 saturated carbocycles. The SMILES string of the molecule is CCOC(=O)c1c(CC)ccc([N+](=O)[O-])c1C#N. The first kappa shape index (κ1) is 13.6. The molecule has 0 aromatic heterocycles. The van der Waals surface area contributed by atoms with Crippen molar-refractivity contribution in [3.63, 3.8) is 0 Å². The first-order valence-corrected chi connectivity index (χ1v) is 5.44. The van der Waals surface area contributed by atoms with E-state index >= 15 is 0 Å². The molecular weight excluding hydrogens is 236 g/mol. The van der Waals surface area contributed by atoms with E-state index in [1.54, 1.807) is 19.9 Å². The lowest BCUT2D eigenvalue weighted by Gasteiger charge is -2.09. The van der Waals surface area contributed by atoms with Gasteiger partial charge < -0.3 is 4.74 Å². The Labute approximate surface area is 104 Å². The van der Waals surface area contributed by atoms with E-state index in [0.717, 1.165) is 0 Å². The van der Waals surface area contributed by atoms with Crippen LogP contribution >= 0.6 is 0 Å². The number of nitro benzene ring substituents is 1. The molecule has 0 aliphatic carbocycles. The van der Waals surface area contributed by atoms with Gasteiger partial charge in [-0.05, 0) is 18.9 Å². The van der Waals surface area contributed by atoms with Crippen molar-refractivity contribution in [1.82, 2.24) is 0 Å². The summed E-state index contributed by atoms with van der Waals surface area (Å²) in [6.07, 6.45) is 0.487. The number of nitrogens with zero attached hydrogens (tertiary/aromatic N) is 2. The number of carbonyl (C=O) groups excluding carboxylic acids is 1. The highest BCUT2D eigenvalue weighted by molar-refractivity contribution is 5.95. The van der Waals surface area contributed by atoms with Gasteiger partial charge in [0.1, 0.15) is 11.6 Å². The van der Waals surface area contributed by atoms with E-state index in [0.29, 0.717) is 12.0 Å². The number of nitriles is 1. The normalized spacial score (nSPS) is 9.61. The van der Waals surface area contributed by atoms with E-state index in [-0.39, 0.29) is 23.4 Å². The van der Waals surface area contributed by atoms with Crippen LogP contribution in [0, 0.1) is 21.4 Å². The number of aryl methyl sites for hydroxylation is 1. The largest absolute Gasteiger partial charge is 0.462 e. The van der Waals surface area contributed by atoms with Crippen LogP contribution in [0.5, 0.6) is 0 Å². The molecule has 1 aromatic rings. The summed E-state index contributed by atoms with van der Waals surface area (Å²) in [4.78, 5) is 21.9. The van der Waals surface area contributed by atoms with Gasteiger partial charge in [-0.2, -0.15) is 5.26 Å². The fraction of sp³-hybridized carbons (Fsp3) is 0.333. The summed E-state index contributed by atoms with van der Waals surface area (Å²) in [5.74, 6) is -0.699. The Balaban J connectivity index is 3.53. The Morgan fingerprint density at radius 2 is 2.17 bits per heavy atom. The van der Waals surface area contributed by atoms with Crippen molar-refractivity contribution >= 4 is 11.7 Å². The molecular formula is C12H12N2O4. The molecule has 0 aliphatic heterocycles. The highest BCUT2D eigenvalue weighted by atomic mass is 16.6. The van der Waals surface area contributed by atoms with Crippen LogP contribution in [0.15, 0.2) is 12.1 Å². The topological polar surface area (TPSA) is 93.2 Å². The van der Waals surface area contributed by atoms with Crippen molar-refractivity contribution in [3.05, 3.63) is 38.9 Å². The minimum Gasteiger partial charge on any atom is -0.462 e. The first-order valence-electron chi connectivity index (χ1n) is 5.44. The van der Waals surface area contributed by atoms with Crippen LogP contribution in [-0.4, -0.2) is 17.5 Å². The molecule has 0 unspecified atom stereocenters. The van der Waals surface area contributed by atoms with Crippen molar-refractivity contribution in [2.45, 2.75) is 20.3 Å². The minimum absolute atomic E-state index is 0.00366. The average Bonchev–Trinajstić information content (AvgIpc) is 2.36. The van der Waals surface area contributed by atoms with Gasteiger partial charge in [-0.1, -0.05) is 13.0 Å². The quantitative estimate of drug-likeness (QED) is 0.462. The fourth-order valence-corrected chi connectivity index (χ4v) is 1.63. The molecule has 6 nitrogen and oxygen atoms in total. The number of hydrogen-bond acceptors (Lipinski definition) is 5. The second kappa shape index (κ2) is 5.77. The maximum Gasteiger partial charge on any atom is 0.340 e. The van der Waals surface area contributed by atoms with Crippen LogP contribution in [0.25, 0.3) is 0 Å². The van der Waals surface area contributed by atoms with E-state index in [2.05, 4.69) is 0 Å². The van der Waals surface area contributed by atoms with E-state index in [1.165, 1.54) is 12.1 Å². The molecule has 0 amide bonds. The molecule has 1 aromatic carbocycles. The van der Waals surface area contributed by atoms with Crippen LogP contribution < -0.4 is 0 Å². The third kappa shape index (κ3) is 2.46. The maximum atomic E-state index is 11.8. The summed E-state index contributed by atoms with van der Waals surface area (Å²) >= 11 is 0. The molecule has 0 bridgehead atoms. The molecule has 0 radical (unpaired) electrons. The van der Waals surface area contributed by atoms with E-state index in [9.17, 15) is 14.9 Å². The number of carbonyl (C=O) groups is 1. The number of nitro groups is 1. The highest BCUT2D eigenvalue weighted by Crippen LogP contribution is 2.26. The number of ether oxygens (including phenoxy) is 1. The van der Waals surface area contributed by atoms with E-state index < -0.39 is 10.9 Å². The Hall–Kier alpha value is -2.42. The molecule has 0 aliphatic rings. The number of rotatable bonds is 4. The summed E-state index contributed by atoms with van der Waals surface area (Å²) in [6, 6.07) is 4.43. The summed E-state index contributed by atoms with van der Waals surface area (Å²) in [7, 11) is 0. The second-order valence-electron chi connectivity index (χ2n) is 3.44. The smallest absolute Gasteiger partial charge is 0.340 e. The summed E-state index contributed by atoms with van der Waals surface area (Å²) in [5, 5.41) is 19.8. The van der Waals surface area contributed by atoms with E-state index in [4.69, 9.17) is 10.00 Å². The van der Waals surface area contributed by atoms with E-state index in [1.807, 2.05) is 0 Å². The van der Waals surface area contributed by atoms with Crippen LogP contribution in [0.1, 0.15) is 35.3 Å². The number of benzene rings is 1. The van der Waals surface area contributed by atoms with Gasteiger partial charge in [0, 0.05) is 6.07 Å². The molecule has 0 spiro atoms. The number of hydrogen-bond donors (Lipinski definition) is 0. The standard InChI is InChI=1S/C12H12N2O4/c1-3-8-5-6-10(14(16)17)9(7-13)11(8)12(15)18-4-2/h5-6H,3-4H2,1-2H3. The zero-order chi connectivity index (χ0) is 13.7. The van der Waals surface area contributed by atoms with Gasteiger partial charge >= 0.3 is 5.97 Å². The minimum atomic E-state index is -0.699. The lowest BCUT2D eigenvalue weighted by Crippen LogP contribution is -2.12. The predicted octanol–water partition coefficient (Wildman–Crippen LogP) is 2.21. The average molecular weight is 248 g/mol. The molecule has 0 saturated heterocycles. The predicted molar refractivity (Wildman–Crippen MR) is 63.1 cm³/mol. The van der Waals surface area contributed by atoms with Crippen LogP contribution in [0.2, 0.25) is 0 Å². The van der Waals surface area contributed by atoms with Crippen molar-refractivity contribution in [2.75, 3.05) is 6.61 Å². The molecule has 0 N–H and O–H groups in total. The van der Waals surface area contributed by atoms with Crippen LogP contribution in [0.4, 0.5) is 5.69 Å². The first-order chi connectivity index (χ1) is 8.56. The van der Waals surface area contributed by atoms with Gasteiger partial charge in [0.15, 0.2) is 0 Å². The Bertz CT molecular complexity index is 532. The molecule has 0 atom stereocenters. The summed E-state index contributed by atoms with van der Waals surface area (Å²) in [5.41, 5.74) is -0.0535. The van der Waals surface area contributed by atoms with Crippen molar-refractivity contribution in [1.29, 1.82) is 5.26 Å². The van der Waals surface area contributed by atoms with Gasteiger partial charge in [-0.3, -0.25) is 10.1 Å². The number of esters is 1. The molecule has 1 rings (SSSR count). The molecule has 94 valence electrons. The zero-order valence-electron chi connectivity index (χ0n) is 10.1. The third-order valence-corrected chi connectivity index (χ3v) is 2.44. The molecule has 18 heavy (non-hydrogen) atoms. The monoisotopic (exact) mass is 248 g/mol. The Morgan fingerprint density at radius 1 is 1.50 bits per heavy atom.